The van der Waals surface area contributed by atoms with Crippen molar-refractivity contribution in [1.29, 1.82) is 0 Å². The van der Waals surface area contributed by atoms with Gasteiger partial charge >= 0.3 is 0 Å². The number of carbonyl (C=O) groups excluding carboxylic acids is 1. The van der Waals surface area contributed by atoms with Crippen molar-refractivity contribution in [2.24, 2.45) is 0 Å². The minimum atomic E-state index is 0.0552. The van der Waals surface area contributed by atoms with Crippen LogP contribution in [0.2, 0.25) is 0 Å². The molecule has 5 heterocycles. The third-order valence-electron chi connectivity index (χ3n) is 6.43. The molecule has 1 saturated heterocycles. The molecule has 1 amide bonds. The summed E-state index contributed by atoms with van der Waals surface area (Å²) in [5.74, 6) is 0.482. The Morgan fingerprint density at radius 3 is 2.67 bits per heavy atom. The van der Waals surface area contributed by atoms with Crippen LogP contribution in [0.1, 0.15) is 34.7 Å². The first-order valence-electron chi connectivity index (χ1n) is 11.2. The molecule has 1 aliphatic rings. The fourth-order valence-electron chi connectivity index (χ4n) is 4.72. The number of piperidine rings is 1. The number of fused-ring (bicyclic) bond motifs is 1. The van der Waals surface area contributed by atoms with E-state index >= 15 is 0 Å². The number of H-pyrrole nitrogens is 1. The number of hydrogen-bond donors (Lipinski definition) is 1. The highest BCUT2D eigenvalue weighted by Gasteiger charge is 2.29. The van der Waals surface area contributed by atoms with Gasteiger partial charge in [-0.15, -0.1) is 11.3 Å². The van der Waals surface area contributed by atoms with Crippen molar-refractivity contribution < 1.29 is 4.79 Å². The van der Waals surface area contributed by atoms with E-state index in [-0.39, 0.29) is 5.91 Å². The highest BCUT2D eigenvalue weighted by atomic mass is 32.1. The summed E-state index contributed by atoms with van der Waals surface area (Å²) >= 11 is 1.61. The number of para-hydroxylation sites is 1. The summed E-state index contributed by atoms with van der Waals surface area (Å²) in [7, 11) is 0. The van der Waals surface area contributed by atoms with Crippen LogP contribution in [0.4, 0.5) is 0 Å². The van der Waals surface area contributed by atoms with Gasteiger partial charge in [0.15, 0.2) is 0 Å². The number of likely N-dealkylation sites (tertiary alicyclic amines) is 1. The van der Waals surface area contributed by atoms with Gasteiger partial charge in [-0.2, -0.15) is 5.10 Å². The van der Waals surface area contributed by atoms with Crippen LogP contribution >= 0.6 is 11.3 Å². The number of nitrogens with zero attached hydrogens (tertiary/aromatic N) is 4. The van der Waals surface area contributed by atoms with Crippen LogP contribution < -0.4 is 0 Å². The molecule has 5 aromatic rings. The zero-order valence-electron chi connectivity index (χ0n) is 18.0. The first-order valence-corrected chi connectivity index (χ1v) is 12.1. The molecule has 0 atom stereocenters. The quantitative estimate of drug-likeness (QED) is 0.391. The van der Waals surface area contributed by atoms with Gasteiger partial charge in [-0.3, -0.25) is 4.79 Å². The first kappa shape index (κ1) is 19.9. The van der Waals surface area contributed by atoms with Crippen molar-refractivity contribution in [3.05, 3.63) is 89.7 Å². The van der Waals surface area contributed by atoms with Crippen LogP contribution in [-0.2, 0) is 0 Å². The number of thiophene rings is 1. The fraction of sp³-hybridized carbons (Fsp3) is 0.192. The number of aromatic amines is 1. The molecular formula is C26H23N5OS. The lowest BCUT2D eigenvalue weighted by molar-refractivity contribution is 0.0714. The molecule has 0 spiro atoms. The second kappa shape index (κ2) is 8.33. The lowest BCUT2D eigenvalue weighted by Gasteiger charge is -2.32. The number of rotatable bonds is 4. The van der Waals surface area contributed by atoms with E-state index in [0.717, 1.165) is 47.8 Å². The molecule has 0 aliphatic carbocycles. The van der Waals surface area contributed by atoms with Gasteiger partial charge in [0.2, 0.25) is 0 Å². The average molecular weight is 454 g/mol. The summed E-state index contributed by atoms with van der Waals surface area (Å²) in [6, 6.07) is 18.1. The van der Waals surface area contributed by atoms with Crippen LogP contribution in [0.25, 0.3) is 27.3 Å². The zero-order chi connectivity index (χ0) is 22.2. The SMILES string of the molecule is O=C(c1cn(-c2ccccc2)nc1-c1cccs1)N1CCC(c2c[nH]c3ncccc23)CC1. The molecule has 0 unspecified atom stereocenters. The fourth-order valence-corrected chi connectivity index (χ4v) is 5.44. The number of pyridine rings is 1. The molecule has 6 nitrogen and oxygen atoms in total. The van der Waals surface area contributed by atoms with Gasteiger partial charge in [0.25, 0.3) is 5.91 Å². The molecule has 0 saturated carbocycles. The van der Waals surface area contributed by atoms with E-state index in [4.69, 9.17) is 5.10 Å². The molecule has 1 aliphatic heterocycles. The maximum absolute atomic E-state index is 13.6. The van der Waals surface area contributed by atoms with Crippen molar-refractivity contribution >= 4 is 28.3 Å². The number of nitrogens with one attached hydrogen (secondary N) is 1. The maximum Gasteiger partial charge on any atom is 0.257 e. The lowest BCUT2D eigenvalue weighted by atomic mass is 9.89. The summed E-state index contributed by atoms with van der Waals surface area (Å²) < 4.78 is 1.81. The van der Waals surface area contributed by atoms with Crippen LogP contribution in [0, 0.1) is 0 Å². The summed E-state index contributed by atoms with van der Waals surface area (Å²) in [6.07, 6.45) is 7.65. The molecule has 4 aromatic heterocycles. The maximum atomic E-state index is 13.6. The Morgan fingerprint density at radius 1 is 1.03 bits per heavy atom. The number of aromatic nitrogens is 4. The molecule has 1 aromatic carbocycles. The Bertz CT molecular complexity index is 1400. The molecule has 6 rings (SSSR count). The van der Waals surface area contributed by atoms with Gasteiger partial charge < -0.3 is 9.88 Å². The van der Waals surface area contributed by atoms with Gasteiger partial charge in [-0.1, -0.05) is 24.3 Å². The van der Waals surface area contributed by atoms with Gasteiger partial charge in [0, 0.05) is 37.1 Å². The highest BCUT2D eigenvalue weighted by Crippen LogP contribution is 2.34. The van der Waals surface area contributed by atoms with E-state index in [1.165, 1.54) is 10.9 Å². The van der Waals surface area contributed by atoms with Crippen LogP contribution in [0.15, 0.2) is 78.6 Å². The molecular weight excluding hydrogens is 430 g/mol. The Hall–Kier alpha value is -3.71. The van der Waals surface area contributed by atoms with E-state index in [9.17, 15) is 4.79 Å². The molecule has 0 bridgehead atoms. The number of benzene rings is 1. The Balaban J connectivity index is 1.26. The summed E-state index contributed by atoms with van der Waals surface area (Å²) in [5.41, 5.74) is 4.60. The monoisotopic (exact) mass is 453 g/mol. The smallest absolute Gasteiger partial charge is 0.257 e. The van der Waals surface area contributed by atoms with Gasteiger partial charge in [0.05, 0.1) is 16.1 Å². The van der Waals surface area contributed by atoms with Crippen molar-refractivity contribution in [1.82, 2.24) is 24.6 Å². The summed E-state index contributed by atoms with van der Waals surface area (Å²) in [4.78, 5) is 24.3. The highest BCUT2D eigenvalue weighted by molar-refractivity contribution is 7.13. The predicted octanol–water partition coefficient (Wildman–Crippen LogP) is 5.50. The van der Waals surface area contributed by atoms with Crippen molar-refractivity contribution in [2.75, 3.05) is 13.1 Å². The van der Waals surface area contributed by atoms with Gasteiger partial charge in [-0.25, -0.2) is 9.67 Å². The Kier molecular flexibility index (Phi) is 5.03. The van der Waals surface area contributed by atoms with E-state index < -0.39 is 0 Å². The van der Waals surface area contributed by atoms with E-state index in [1.54, 1.807) is 11.3 Å². The predicted molar refractivity (Wildman–Crippen MR) is 131 cm³/mol. The Morgan fingerprint density at radius 2 is 1.88 bits per heavy atom. The topological polar surface area (TPSA) is 66.8 Å². The van der Waals surface area contributed by atoms with Crippen molar-refractivity contribution in [3.63, 3.8) is 0 Å². The summed E-state index contributed by atoms with van der Waals surface area (Å²) in [5, 5.41) is 8.00. The van der Waals surface area contributed by atoms with Crippen LogP contribution in [0.5, 0.6) is 0 Å². The zero-order valence-corrected chi connectivity index (χ0v) is 18.8. The molecule has 33 heavy (non-hydrogen) atoms. The average Bonchev–Trinajstić information content (AvgIpc) is 3.64. The molecule has 1 fully saturated rings. The normalized spacial score (nSPS) is 14.7. The lowest BCUT2D eigenvalue weighted by Crippen LogP contribution is -2.38. The van der Waals surface area contributed by atoms with Crippen molar-refractivity contribution in [3.8, 4) is 16.3 Å². The minimum absolute atomic E-state index is 0.0552. The van der Waals surface area contributed by atoms with Gasteiger partial charge in [0.1, 0.15) is 11.3 Å². The Labute approximate surface area is 195 Å². The molecule has 0 radical (unpaired) electrons. The van der Waals surface area contributed by atoms with E-state index in [2.05, 4.69) is 22.2 Å². The standard InChI is InChI=1S/C26H23N5OS/c32-26(30-13-10-18(11-14-30)21-16-28-25-20(21)8-4-12-27-25)22-17-31(19-6-2-1-3-7-19)29-24(22)23-9-5-15-33-23/h1-9,12,15-18H,10-11,13-14H2,(H,27,28). The third kappa shape index (κ3) is 3.64. The molecule has 7 heteroatoms. The molecule has 1 N–H and O–H groups in total. The number of amides is 1. The second-order valence-electron chi connectivity index (χ2n) is 8.36. The van der Waals surface area contributed by atoms with E-state index in [1.807, 2.05) is 75.9 Å². The number of carbonyl (C=O) groups is 1. The first-order chi connectivity index (χ1) is 16.3. The van der Waals surface area contributed by atoms with E-state index in [0.29, 0.717) is 11.5 Å². The van der Waals surface area contributed by atoms with Crippen LogP contribution in [0.3, 0.4) is 0 Å². The van der Waals surface area contributed by atoms with Crippen molar-refractivity contribution in [2.45, 2.75) is 18.8 Å². The third-order valence-corrected chi connectivity index (χ3v) is 7.30. The summed E-state index contributed by atoms with van der Waals surface area (Å²) in [6.45, 7) is 1.47. The second-order valence-corrected chi connectivity index (χ2v) is 9.31. The largest absolute Gasteiger partial charge is 0.346 e. The van der Waals surface area contributed by atoms with Crippen LogP contribution in [-0.4, -0.2) is 43.6 Å². The number of hydrogen-bond acceptors (Lipinski definition) is 4. The van der Waals surface area contributed by atoms with Gasteiger partial charge in [-0.05, 0) is 60.0 Å². The molecule has 164 valence electrons. The minimum Gasteiger partial charge on any atom is -0.346 e.